The van der Waals surface area contributed by atoms with Gasteiger partial charge in [0.15, 0.2) is 0 Å². The number of nitrogens with one attached hydrogen (secondary N) is 2. The van der Waals surface area contributed by atoms with Gasteiger partial charge in [-0.15, -0.1) is 0 Å². The molecule has 0 unspecified atom stereocenters. The number of hydrogen-bond acceptors (Lipinski definition) is 4. The quantitative estimate of drug-likeness (QED) is 0.712. The number of carbonyl (C=O) groups is 1. The van der Waals surface area contributed by atoms with Crippen LogP contribution in [-0.4, -0.2) is 30.1 Å². The van der Waals surface area contributed by atoms with Crippen LogP contribution in [0.1, 0.15) is 26.3 Å². The fourth-order valence-electron chi connectivity index (χ4n) is 1.44. The van der Waals surface area contributed by atoms with Crippen LogP contribution < -0.4 is 15.4 Å². The van der Waals surface area contributed by atoms with Crippen LogP contribution in [0.25, 0.3) is 0 Å². The van der Waals surface area contributed by atoms with Crippen molar-refractivity contribution in [2.45, 2.75) is 33.4 Å². The van der Waals surface area contributed by atoms with E-state index in [9.17, 15) is 4.79 Å². The van der Waals surface area contributed by atoms with Crippen LogP contribution in [0.2, 0.25) is 0 Å². The standard InChI is InChI=1S/C13H21N3O2/c1-10(2)18-13-12(5-4-6-16-13)9-14-7-8-15-11(3)17/h4-6,10,14H,7-9H2,1-3H3,(H,15,17). The predicted octanol–water partition coefficient (Wildman–Crippen LogP) is 1.09. The summed E-state index contributed by atoms with van der Waals surface area (Å²) in [5.74, 6) is 0.654. The maximum atomic E-state index is 10.7. The Kier molecular flexibility index (Phi) is 6.14. The molecule has 0 saturated heterocycles. The van der Waals surface area contributed by atoms with Crippen LogP contribution in [0.5, 0.6) is 5.88 Å². The summed E-state index contributed by atoms with van der Waals surface area (Å²) in [7, 11) is 0. The van der Waals surface area contributed by atoms with E-state index in [-0.39, 0.29) is 12.0 Å². The Morgan fingerprint density at radius 2 is 2.22 bits per heavy atom. The van der Waals surface area contributed by atoms with Gasteiger partial charge in [-0.2, -0.15) is 0 Å². The summed E-state index contributed by atoms with van der Waals surface area (Å²) in [6.45, 7) is 7.47. The van der Waals surface area contributed by atoms with Gasteiger partial charge in [-0.25, -0.2) is 4.98 Å². The Labute approximate surface area is 108 Å². The van der Waals surface area contributed by atoms with Crippen LogP contribution in [0.4, 0.5) is 0 Å². The minimum Gasteiger partial charge on any atom is -0.475 e. The molecular weight excluding hydrogens is 230 g/mol. The molecule has 0 aliphatic carbocycles. The molecule has 0 spiro atoms. The highest BCUT2D eigenvalue weighted by molar-refractivity contribution is 5.72. The lowest BCUT2D eigenvalue weighted by molar-refractivity contribution is -0.118. The molecule has 1 rings (SSSR count). The van der Waals surface area contributed by atoms with E-state index in [1.54, 1.807) is 6.20 Å². The predicted molar refractivity (Wildman–Crippen MR) is 70.4 cm³/mol. The first-order valence-electron chi connectivity index (χ1n) is 6.15. The molecule has 0 aliphatic rings. The number of nitrogens with zero attached hydrogens (tertiary/aromatic N) is 1. The zero-order valence-electron chi connectivity index (χ0n) is 11.2. The molecule has 0 aliphatic heterocycles. The van der Waals surface area contributed by atoms with Gasteiger partial charge in [-0.1, -0.05) is 6.07 Å². The van der Waals surface area contributed by atoms with Crippen molar-refractivity contribution in [2.75, 3.05) is 13.1 Å². The second-order valence-corrected chi connectivity index (χ2v) is 4.29. The molecule has 0 fully saturated rings. The summed E-state index contributed by atoms with van der Waals surface area (Å²) >= 11 is 0. The molecule has 0 saturated carbocycles. The minimum atomic E-state index is -0.0120. The van der Waals surface area contributed by atoms with Crippen molar-refractivity contribution < 1.29 is 9.53 Å². The molecule has 5 heteroatoms. The van der Waals surface area contributed by atoms with Crippen LogP contribution >= 0.6 is 0 Å². The third-order valence-electron chi connectivity index (χ3n) is 2.19. The molecule has 0 bridgehead atoms. The largest absolute Gasteiger partial charge is 0.475 e. The van der Waals surface area contributed by atoms with E-state index in [2.05, 4.69) is 15.6 Å². The summed E-state index contributed by atoms with van der Waals surface area (Å²) < 4.78 is 5.62. The second kappa shape index (κ2) is 7.66. The van der Waals surface area contributed by atoms with E-state index in [1.165, 1.54) is 6.92 Å². The number of carbonyl (C=O) groups excluding carboxylic acids is 1. The average Bonchev–Trinajstić information content (AvgIpc) is 2.29. The van der Waals surface area contributed by atoms with Gasteiger partial charge in [0.25, 0.3) is 0 Å². The number of rotatable bonds is 7. The average molecular weight is 251 g/mol. The summed E-state index contributed by atoms with van der Waals surface area (Å²) in [5, 5.41) is 5.97. The van der Waals surface area contributed by atoms with Crippen molar-refractivity contribution in [3.05, 3.63) is 23.9 Å². The Morgan fingerprint density at radius 3 is 2.89 bits per heavy atom. The lowest BCUT2D eigenvalue weighted by atomic mass is 10.2. The van der Waals surface area contributed by atoms with E-state index in [0.717, 1.165) is 12.1 Å². The van der Waals surface area contributed by atoms with Crippen LogP contribution in [0.3, 0.4) is 0 Å². The number of aromatic nitrogens is 1. The first-order valence-corrected chi connectivity index (χ1v) is 6.15. The van der Waals surface area contributed by atoms with Crippen molar-refractivity contribution in [1.29, 1.82) is 0 Å². The number of hydrogen-bond donors (Lipinski definition) is 2. The van der Waals surface area contributed by atoms with E-state index >= 15 is 0 Å². The van der Waals surface area contributed by atoms with Gasteiger partial charge in [0, 0.05) is 38.3 Å². The Balaban J connectivity index is 2.39. The van der Waals surface area contributed by atoms with E-state index in [0.29, 0.717) is 19.0 Å². The monoisotopic (exact) mass is 251 g/mol. The van der Waals surface area contributed by atoms with Crippen molar-refractivity contribution in [1.82, 2.24) is 15.6 Å². The lowest BCUT2D eigenvalue weighted by Gasteiger charge is -2.13. The van der Waals surface area contributed by atoms with Crippen LogP contribution in [0.15, 0.2) is 18.3 Å². The van der Waals surface area contributed by atoms with Crippen molar-refractivity contribution in [2.24, 2.45) is 0 Å². The van der Waals surface area contributed by atoms with Gasteiger partial charge < -0.3 is 15.4 Å². The van der Waals surface area contributed by atoms with E-state index in [4.69, 9.17) is 4.74 Å². The van der Waals surface area contributed by atoms with Crippen LogP contribution in [-0.2, 0) is 11.3 Å². The molecule has 0 radical (unpaired) electrons. The highest BCUT2D eigenvalue weighted by Crippen LogP contribution is 2.15. The normalized spacial score (nSPS) is 10.4. The summed E-state index contributed by atoms with van der Waals surface area (Å²) in [6, 6.07) is 3.87. The van der Waals surface area contributed by atoms with Gasteiger partial charge in [0.1, 0.15) is 0 Å². The first kappa shape index (κ1) is 14.4. The molecular formula is C13H21N3O2. The third kappa shape index (κ3) is 5.63. The SMILES string of the molecule is CC(=O)NCCNCc1cccnc1OC(C)C. The van der Waals surface area contributed by atoms with Gasteiger partial charge >= 0.3 is 0 Å². The van der Waals surface area contributed by atoms with Crippen molar-refractivity contribution in [3.63, 3.8) is 0 Å². The van der Waals surface area contributed by atoms with Gasteiger partial charge in [-0.05, 0) is 19.9 Å². The van der Waals surface area contributed by atoms with Crippen molar-refractivity contribution >= 4 is 5.91 Å². The molecule has 2 N–H and O–H groups in total. The molecule has 0 aromatic carbocycles. The molecule has 0 atom stereocenters. The third-order valence-corrected chi connectivity index (χ3v) is 2.19. The fraction of sp³-hybridized carbons (Fsp3) is 0.538. The van der Waals surface area contributed by atoms with E-state index in [1.807, 2.05) is 26.0 Å². The summed E-state index contributed by atoms with van der Waals surface area (Å²) in [5.41, 5.74) is 1.02. The molecule has 1 aromatic rings. The van der Waals surface area contributed by atoms with Gasteiger partial charge in [0.05, 0.1) is 6.10 Å². The fourth-order valence-corrected chi connectivity index (χ4v) is 1.44. The summed E-state index contributed by atoms with van der Waals surface area (Å²) in [4.78, 5) is 14.9. The summed E-state index contributed by atoms with van der Waals surface area (Å²) in [6.07, 6.45) is 1.83. The molecule has 100 valence electrons. The Bertz CT molecular complexity index is 380. The van der Waals surface area contributed by atoms with Crippen molar-refractivity contribution in [3.8, 4) is 5.88 Å². The lowest BCUT2D eigenvalue weighted by Crippen LogP contribution is -2.30. The number of ether oxygens (including phenoxy) is 1. The van der Waals surface area contributed by atoms with E-state index < -0.39 is 0 Å². The highest BCUT2D eigenvalue weighted by Gasteiger charge is 2.05. The smallest absolute Gasteiger partial charge is 0.218 e. The number of pyridine rings is 1. The first-order chi connectivity index (χ1) is 8.59. The molecule has 5 nitrogen and oxygen atoms in total. The topological polar surface area (TPSA) is 63.2 Å². The second-order valence-electron chi connectivity index (χ2n) is 4.29. The maximum absolute atomic E-state index is 10.7. The van der Waals surface area contributed by atoms with Gasteiger partial charge in [0.2, 0.25) is 11.8 Å². The van der Waals surface area contributed by atoms with Gasteiger partial charge in [-0.3, -0.25) is 4.79 Å². The molecule has 18 heavy (non-hydrogen) atoms. The zero-order valence-corrected chi connectivity index (χ0v) is 11.2. The zero-order chi connectivity index (χ0) is 13.4. The highest BCUT2D eigenvalue weighted by atomic mass is 16.5. The minimum absolute atomic E-state index is 0.0120. The molecule has 1 aromatic heterocycles. The Hall–Kier alpha value is -1.62. The molecule has 1 heterocycles. The van der Waals surface area contributed by atoms with Crippen LogP contribution in [0, 0.1) is 0 Å². The maximum Gasteiger partial charge on any atom is 0.218 e. The Morgan fingerprint density at radius 1 is 1.44 bits per heavy atom. The molecule has 1 amide bonds. The number of amides is 1.